The van der Waals surface area contributed by atoms with E-state index in [0.717, 1.165) is 0 Å². The molecule has 0 unspecified atom stereocenters. The number of carbonyl (C=O) groups excluding carboxylic acids is 1. The van der Waals surface area contributed by atoms with Crippen molar-refractivity contribution in [3.05, 3.63) is 52.4 Å². The first kappa shape index (κ1) is 13.7. The number of nitrogens with zero attached hydrogens (tertiary/aromatic N) is 1. The summed E-state index contributed by atoms with van der Waals surface area (Å²) in [6, 6.07) is 7.18. The predicted octanol–water partition coefficient (Wildman–Crippen LogP) is 1.41. The third-order valence-corrected chi connectivity index (χ3v) is 2.87. The standard InChI is InChI=1S/C14H15N3O3/c1-2-17-8-10(4-6-13(17)19)16-14(20)9-3-5-11(15)12(18)7-9/h3-8,18H,2,15H2,1H3,(H,16,20). The van der Waals surface area contributed by atoms with Crippen LogP contribution in [0.3, 0.4) is 0 Å². The third-order valence-electron chi connectivity index (χ3n) is 2.87. The van der Waals surface area contributed by atoms with E-state index in [1.165, 1.54) is 34.9 Å². The number of pyridine rings is 1. The van der Waals surface area contributed by atoms with Crippen molar-refractivity contribution in [3.63, 3.8) is 0 Å². The molecule has 6 nitrogen and oxygen atoms in total. The molecule has 2 aromatic rings. The summed E-state index contributed by atoms with van der Waals surface area (Å²) in [5.41, 5.74) is 6.35. The number of nitrogens with one attached hydrogen (secondary N) is 1. The maximum absolute atomic E-state index is 12.0. The van der Waals surface area contributed by atoms with Crippen LogP contribution in [0, 0.1) is 0 Å². The molecular formula is C14H15N3O3. The molecule has 1 aromatic carbocycles. The topological polar surface area (TPSA) is 97.3 Å². The number of anilines is 2. The van der Waals surface area contributed by atoms with Crippen LogP contribution in [0.5, 0.6) is 5.75 Å². The van der Waals surface area contributed by atoms with Gasteiger partial charge in [-0.25, -0.2) is 0 Å². The lowest BCUT2D eigenvalue weighted by Crippen LogP contribution is -2.19. The number of phenolic OH excluding ortho intramolecular Hbond substituents is 1. The minimum absolute atomic E-state index is 0.129. The molecule has 2 rings (SSSR count). The maximum Gasteiger partial charge on any atom is 0.255 e. The second kappa shape index (κ2) is 5.48. The van der Waals surface area contributed by atoms with Gasteiger partial charge < -0.3 is 20.7 Å². The molecule has 0 saturated heterocycles. The zero-order chi connectivity index (χ0) is 14.7. The number of rotatable bonds is 3. The molecule has 0 aliphatic heterocycles. The summed E-state index contributed by atoms with van der Waals surface area (Å²) < 4.78 is 1.48. The van der Waals surface area contributed by atoms with Crippen molar-refractivity contribution in [2.75, 3.05) is 11.1 Å². The van der Waals surface area contributed by atoms with E-state index < -0.39 is 0 Å². The summed E-state index contributed by atoms with van der Waals surface area (Å²) in [6.07, 6.45) is 1.57. The Morgan fingerprint density at radius 1 is 1.35 bits per heavy atom. The number of phenols is 1. The molecule has 0 aliphatic carbocycles. The Labute approximate surface area is 115 Å². The van der Waals surface area contributed by atoms with Gasteiger partial charge in [0, 0.05) is 24.4 Å². The van der Waals surface area contributed by atoms with Crippen LogP contribution >= 0.6 is 0 Å². The molecule has 0 atom stereocenters. The fraction of sp³-hybridized carbons (Fsp3) is 0.143. The summed E-state index contributed by atoms with van der Waals surface area (Å²) in [5, 5.41) is 12.1. The van der Waals surface area contributed by atoms with E-state index in [-0.39, 0.29) is 28.5 Å². The fourth-order valence-corrected chi connectivity index (χ4v) is 1.74. The Balaban J connectivity index is 2.23. The van der Waals surface area contributed by atoms with Crippen LogP contribution < -0.4 is 16.6 Å². The van der Waals surface area contributed by atoms with Crippen LogP contribution in [0.25, 0.3) is 0 Å². The van der Waals surface area contributed by atoms with Crippen molar-refractivity contribution in [1.82, 2.24) is 4.57 Å². The lowest BCUT2D eigenvalue weighted by atomic mass is 10.2. The number of nitrogen functional groups attached to an aromatic ring is 1. The molecule has 0 bridgehead atoms. The molecular weight excluding hydrogens is 258 g/mol. The Morgan fingerprint density at radius 2 is 2.10 bits per heavy atom. The molecule has 0 saturated carbocycles. The molecule has 1 heterocycles. The van der Waals surface area contributed by atoms with Crippen molar-refractivity contribution >= 4 is 17.3 Å². The zero-order valence-electron chi connectivity index (χ0n) is 11.0. The first-order chi connectivity index (χ1) is 9.51. The average Bonchev–Trinajstić information content (AvgIpc) is 2.43. The minimum atomic E-state index is -0.387. The highest BCUT2D eigenvalue weighted by molar-refractivity contribution is 6.04. The van der Waals surface area contributed by atoms with Gasteiger partial charge in [-0.2, -0.15) is 0 Å². The average molecular weight is 273 g/mol. The van der Waals surface area contributed by atoms with Gasteiger partial charge in [-0.05, 0) is 31.2 Å². The number of carbonyl (C=O) groups is 1. The monoisotopic (exact) mass is 273 g/mol. The fourth-order valence-electron chi connectivity index (χ4n) is 1.74. The second-order valence-electron chi connectivity index (χ2n) is 4.27. The lowest BCUT2D eigenvalue weighted by Gasteiger charge is -2.08. The normalized spacial score (nSPS) is 10.2. The molecule has 4 N–H and O–H groups in total. The van der Waals surface area contributed by atoms with Gasteiger partial charge in [0.25, 0.3) is 11.5 Å². The molecule has 0 spiro atoms. The molecule has 0 aliphatic rings. The van der Waals surface area contributed by atoms with Crippen LogP contribution in [0.4, 0.5) is 11.4 Å². The van der Waals surface area contributed by atoms with E-state index in [0.29, 0.717) is 12.2 Å². The van der Waals surface area contributed by atoms with E-state index >= 15 is 0 Å². The first-order valence-electron chi connectivity index (χ1n) is 6.11. The zero-order valence-corrected chi connectivity index (χ0v) is 11.0. The van der Waals surface area contributed by atoms with Gasteiger partial charge in [-0.1, -0.05) is 0 Å². The number of benzene rings is 1. The number of amides is 1. The molecule has 104 valence electrons. The Hall–Kier alpha value is -2.76. The number of aromatic nitrogens is 1. The Morgan fingerprint density at radius 3 is 2.75 bits per heavy atom. The van der Waals surface area contributed by atoms with E-state index in [1.807, 2.05) is 6.92 Å². The number of aromatic hydroxyl groups is 1. The van der Waals surface area contributed by atoms with Crippen molar-refractivity contribution in [2.45, 2.75) is 13.5 Å². The number of aryl methyl sites for hydroxylation is 1. The minimum Gasteiger partial charge on any atom is -0.506 e. The van der Waals surface area contributed by atoms with Crippen molar-refractivity contribution in [1.29, 1.82) is 0 Å². The van der Waals surface area contributed by atoms with Gasteiger partial charge >= 0.3 is 0 Å². The molecule has 6 heteroatoms. The second-order valence-corrected chi connectivity index (χ2v) is 4.27. The highest BCUT2D eigenvalue weighted by atomic mass is 16.3. The van der Waals surface area contributed by atoms with Crippen LogP contribution in [-0.2, 0) is 6.54 Å². The summed E-state index contributed by atoms with van der Waals surface area (Å²) >= 11 is 0. The van der Waals surface area contributed by atoms with Gasteiger partial charge in [0.05, 0.1) is 11.4 Å². The van der Waals surface area contributed by atoms with Crippen molar-refractivity contribution in [2.24, 2.45) is 0 Å². The molecule has 0 radical (unpaired) electrons. The van der Waals surface area contributed by atoms with Gasteiger partial charge in [-0.3, -0.25) is 9.59 Å². The van der Waals surface area contributed by atoms with E-state index in [4.69, 9.17) is 5.73 Å². The summed E-state index contributed by atoms with van der Waals surface area (Å²) in [4.78, 5) is 23.5. The summed E-state index contributed by atoms with van der Waals surface area (Å²) in [5.74, 6) is -0.530. The maximum atomic E-state index is 12.0. The largest absolute Gasteiger partial charge is 0.506 e. The number of nitrogens with two attached hydrogens (primary N) is 1. The van der Waals surface area contributed by atoms with Gasteiger partial charge in [-0.15, -0.1) is 0 Å². The molecule has 0 fully saturated rings. The third kappa shape index (κ3) is 2.80. The van der Waals surface area contributed by atoms with Gasteiger partial charge in [0.1, 0.15) is 5.75 Å². The molecule has 1 amide bonds. The van der Waals surface area contributed by atoms with Crippen LogP contribution in [0.2, 0.25) is 0 Å². The van der Waals surface area contributed by atoms with E-state index in [1.54, 1.807) is 6.20 Å². The predicted molar refractivity (Wildman–Crippen MR) is 76.8 cm³/mol. The highest BCUT2D eigenvalue weighted by Crippen LogP contribution is 2.21. The molecule has 20 heavy (non-hydrogen) atoms. The summed E-state index contributed by atoms with van der Waals surface area (Å²) in [7, 11) is 0. The molecule has 1 aromatic heterocycles. The Bertz CT molecular complexity index is 707. The van der Waals surface area contributed by atoms with E-state index in [9.17, 15) is 14.7 Å². The van der Waals surface area contributed by atoms with Crippen molar-refractivity contribution in [3.8, 4) is 5.75 Å². The van der Waals surface area contributed by atoms with Gasteiger partial charge in [0.2, 0.25) is 0 Å². The smallest absolute Gasteiger partial charge is 0.255 e. The van der Waals surface area contributed by atoms with Crippen LogP contribution in [-0.4, -0.2) is 15.6 Å². The highest BCUT2D eigenvalue weighted by Gasteiger charge is 2.09. The van der Waals surface area contributed by atoms with Crippen LogP contribution in [0.1, 0.15) is 17.3 Å². The number of hydrogen-bond donors (Lipinski definition) is 3. The summed E-state index contributed by atoms with van der Waals surface area (Å²) in [6.45, 7) is 2.36. The number of hydrogen-bond acceptors (Lipinski definition) is 4. The Kier molecular flexibility index (Phi) is 3.74. The quantitative estimate of drug-likeness (QED) is 0.581. The van der Waals surface area contributed by atoms with Gasteiger partial charge in [0.15, 0.2) is 0 Å². The van der Waals surface area contributed by atoms with E-state index in [2.05, 4.69) is 5.32 Å². The lowest BCUT2D eigenvalue weighted by molar-refractivity contribution is 0.102. The SMILES string of the molecule is CCn1cc(NC(=O)c2ccc(N)c(O)c2)ccc1=O. The van der Waals surface area contributed by atoms with Crippen molar-refractivity contribution < 1.29 is 9.90 Å². The van der Waals surface area contributed by atoms with Crippen LogP contribution in [0.15, 0.2) is 41.3 Å². The first-order valence-corrected chi connectivity index (χ1v) is 6.11.